The third kappa shape index (κ3) is 4.92. The molecule has 1 saturated heterocycles. The number of amides is 3. The molecule has 0 unspecified atom stereocenters. The average Bonchev–Trinajstić information content (AvgIpc) is 3.37. The van der Waals surface area contributed by atoms with Crippen molar-refractivity contribution >= 4 is 34.2 Å². The van der Waals surface area contributed by atoms with Gasteiger partial charge in [-0.1, -0.05) is 12.8 Å². The van der Waals surface area contributed by atoms with Crippen LogP contribution >= 0.6 is 11.3 Å². The molecule has 0 atom stereocenters. The molecule has 1 saturated carbocycles. The van der Waals surface area contributed by atoms with Gasteiger partial charge in [0.2, 0.25) is 5.91 Å². The second-order valence-electron chi connectivity index (χ2n) is 6.32. The van der Waals surface area contributed by atoms with Crippen molar-refractivity contribution in [1.82, 2.24) is 21.2 Å². The number of carbonyl (C=O) groups excluding carboxylic acids is 3. The van der Waals surface area contributed by atoms with E-state index in [-0.39, 0.29) is 24.1 Å². The molecule has 9 nitrogen and oxygen atoms in total. The van der Waals surface area contributed by atoms with Crippen molar-refractivity contribution in [2.24, 2.45) is 5.92 Å². The number of ether oxygens (including phenoxy) is 1. The Morgan fingerprint density at radius 1 is 1.19 bits per heavy atom. The molecule has 1 aromatic rings. The Kier molecular flexibility index (Phi) is 6.40. The zero-order chi connectivity index (χ0) is 18.4. The summed E-state index contributed by atoms with van der Waals surface area (Å²) in [5.74, 6) is -1.06. The predicted octanol–water partition coefficient (Wildman–Crippen LogP) is 0.0471. The molecule has 26 heavy (non-hydrogen) atoms. The summed E-state index contributed by atoms with van der Waals surface area (Å²) in [7, 11) is 0. The number of rotatable bonds is 5. The number of nitrogens with one attached hydrogen (secondary N) is 3. The highest BCUT2D eigenvalue weighted by atomic mass is 32.1. The molecule has 3 amide bonds. The highest BCUT2D eigenvalue weighted by Gasteiger charge is 2.23. The third-order valence-corrected chi connectivity index (χ3v) is 5.37. The highest BCUT2D eigenvalue weighted by molar-refractivity contribution is 7.13. The minimum Gasteiger partial charge on any atom is -0.378 e. The predicted molar refractivity (Wildman–Crippen MR) is 95.7 cm³/mol. The van der Waals surface area contributed by atoms with Gasteiger partial charge in [0.1, 0.15) is 5.69 Å². The van der Waals surface area contributed by atoms with Gasteiger partial charge >= 0.3 is 0 Å². The minimum atomic E-state index is -0.490. The van der Waals surface area contributed by atoms with Crippen LogP contribution < -0.4 is 21.1 Å². The molecule has 0 bridgehead atoms. The van der Waals surface area contributed by atoms with Gasteiger partial charge in [-0.05, 0) is 12.8 Å². The molecule has 2 fully saturated rings. The topological polar surface area (TPSA) is 113 Å². The van der Waals surface area contributed by atoms with Crippen molar-refractivity contribution in [2.75, 3.05) is 37.7 Å². The fourth-order valence-electron chi connectivity index (χ4n) is 3.00. The maximum atomic E-state index is 12.1. The van der Waals surface area contributed by atoms with Crippen LogP contribution in [-0.2, 0) is 14.3 Å². The number of anilines is 1. The minimum absolute atomic E-state index is 0.00556. The molecule has 0 aromatic carbocycles. The maximum absolute atomic E-state index is 12.1. The van der Waals surface area contributed by atoms with E-state index >= 15 is 0 Å². The number of carbonyl (C=O) groups is 3. The summed E-state index contributed by atoms with van der Waals surface area (Å²) in [4.78, 5) is 42.1. The van der Waals surface area contributed by atoms with Crippen LogP contribution in [0.2, 0.25) is 0 Å². The monoisotopic (exact) mass is 381 g/mol. The van der Waals surface area contributed by atoms with E-state index in [4.69, 9.17) is 4.74 Å². The van der Waals surface area contributed by atoms with Crippen LogP contribution in [0.15, 0.2) is 5.38 Å². The molecule has 0 spiro atoms. The fourth-order valence-corrected chi connectivity index (χ4v) is 3.86. The molecular weight excluding hydrogens is 358 g/mol. The zero-order valence-electron chi connectivity index (χ0n) is 14.5. The van der Waals surface area contributed by atoms with E-state index in [1.54, 1.807) is 5.38 Å². The summed E-state index contributed by atoms with van der Waals surface area (Å²) < 4.78 is 5.29. The lowest BCUT2D eigenvalue weighted by Crippen LogP contribution is -2.47. The lowest BCUT2D eigenvalue weighted by atomic mass is 10.1. The van der Waals surface area contributed by atoms with Gasteiger partial charge in [-0.25, -0.2) is 4.98 Å². The van der Waals surface area contributed by atoms with Crippen molar-refractivity contribution in [3.05, 3.63) is 11.1 Å². The van der Waals surface area contributed by atoms with Crippen LogP contribution in [0.1, 0.15) is 36.2 Å². The van der Waals surface area contributed by atoms with Crippen molar-refractivity contribution in [3.8, 4) is 0 Å². The number of hydrogen-bond donors (Lipinski definition) is 3. The smallest absolute Gasteiger partial charge is 0.289 e. The van der Waals surface area contributed by atoms with Crippen LogP contribution in [0.5, 0.6) is 0 Å². The first-order valence-corrected chi connectivity index (χ1v) is 9.66. The van der Waals surface area contributed by atoms with E-state index in [0.29, 0.717) is 13.2 Å². The van der Waals surface area contributed by atoms with E-state index in [9.17, 15) is 14.4 Å². The SMILES string of the molecule is O=C(CNC(=O)C1CCCC1)NNC(=O)c1csc(N2CCOCC2)n1. The summed E-state index contributed by atoms with van der Waals surface area (Å²) in [5.41, 5.74) is 4.86. The second-order valence-corrected chi connectivity index (χ2v) is 7.15. The van der Waals surface area contributed by atoms with E-state index in [2.05, 4.69) is 26.1 Å². The zero-order valence-corrected chi connectivity index (χ0v) is 15.3. The van der Waals surface area contributed by atoms with Gasteiger partial charge in [0.25, 0.3) is 11.8 Å². The van der Waals surface area contributed by atoms with Crippen LogP contribution in [0, 0.1) is 5.92 Å². The Bertz CT molecular complexity index is 653. The summed E-state index contributed by atoms with van der Waals surface area (Å²) in [5, 5.41) is 5.01. The number of morpholine rings is 1. The van der Waals surface area contributed by atoms with Crippen LogP contribution in [0.3, 0.4) is 0 Å². The third-order valence-electron chi connectivity index (χ3n) is 4.47. The van der Waals surface area contributed by atoms with Gasteiger partial charge in [0.05, 0.1) is 19.8 Å². The summed E-state index contributed by atoms with van der Waals surface area (Å²) >= 11 is 1.38. The fraction of sp³-hybridized carbons (Fsp3) is 0.625. The van der Waals surface area contributed by atoms with Gasteiger partial charge in [0.15, 0.2) is 5.13 Å². The molecule has 2 aliphatic rings. The van der Waals surface area contributed by atoms with E-state index < -0.39 is 11.8 Å². The highest BCUT2D eigenvalue weighted by Crippen LogP contribution is 2.24. The Balaban J connectivity index is 1.39. The van der Waals surface area contributed by atoms with Gasteiger partial charge < -0.3 is 15.0 Å². The van der Waals surface area contributed by atoms with Crippen molar-refractivity contribution in [1.29, 1.82) is 0 Å². The van der Waals surface area contributed by atoms with Crippen LogP contribution in [-0.4, -0.2) is 55.6 Å². The molecule has 142 valence electrons. The molecular formula is C16H23N5O4S. The number of hydrogen-bond acceptors (Lipinski definition) is 7. The van der Waals surface area contributed by atoms with Crippen molar-refractivity contribution < 1.29 is 19.1 Å². The number of nitrogens with zero attached hydrogens (tertiary/aromatic N) is 2. The Hall–Kier alpha value is -2.20. The Morgan fingerprint density at radius 2 is 1.92 bits per heavy atom. The molecule has 3 rings (SSSR count). The van der Waals surface area contributed by atoms with Gasteiger partial charge in [-0.2, -0.15) is 0 Å². The number of hydrazine groups is 1. The quantitative estimate of drug-likeness (QED) is 0.621. The number of thiazole rings is 1. The molecule has 1 aliphatic heterocycles. The first kappa shape index (κ1) is 18.6. The number of aromatic nitrogens is 1. The summed E-state index contributed by atoms with van der Waals surface area (Å²) in [6.45, 7) is 2.61. The van der Waals surface area contributed by atoms with E-state index in [1.807, 2.05) is 0 Å². The summed E-state index contributed by atoms with van der Waals surface area (Å²) in [6.07, 6.45) is 3.86. The average molecular weight is 381 g/mol. The van der Waals surface area contributed by atoms with Gasteiger partial charge in [0, 0.05) is 24.4 Å². The maximum Gasteiger partial charge on any atom is 0.289 e. The molecule has 1 aromatic heterocycles. The molecule has 1 aliphatic carbocycles. The van der Waals surface area contributed by atoms with Gasteiger partial charge in [-0.15, -0.1) is 11.3 Å². The molecule has 10 heteroatoms. The second kappa shape index (κ2) is 8.95. The first-order valence-electron chi connectivity index (χ1n) is 8.78. The lowest BCUT2D eigenvalue weighted by molar-refractivity contribution is -0.128. The normalized spacial score (nSPS) is 17.8. The van der Waals surface area contributed by atoms with Crippen molar-refractivity contribution in [3.63, 3.8) is 0 Å². The Labute approximate surface area is 155 Å². The molecule has 3 N–H and O–H groups in total. The van der Waals surface area contributed by atoms with Gasteiger partial charge in [-0.3, -0.25) is 25.2 Å². The van der Waals surface area contributed by atoms with Crippen molar-refractivity contribution in [2.45, 2.75) is 25.7 Å². The van der Waals surface area contributed by atoms with Crippen LogP contribution in [0.4, 0.5) is 5.13 Å². The van der Waals surface area contributed by atoms with E-state index in [0.717, 1.165) is 43.9 Å². The van der Waals surface area contributed by atoms with Crippen LogP contribution in [0.25, 0.3) is 0 Å². The van der Waals surface area contributed by atoms with E-state index in [1.165, 1.54) is 11.3 Å². The molecule has 0 radical (unpaired) electrons. The largest absolute Gasteiger partial charge is 0.378 e. The molecule has 2 heterocycles. The lowest BCUT2D eigenvalue weighted by Gasteiger charge is -2.25. The Morgan fingerprint density at radius 3 is 2.65 bits per heavy atom. The standard InChI is InChI=1S/C16H23N5O4S/c22-13(9-17-14(23)11-3-1-2-4-11)19-20-15(24)12-10-26-16(18-12)21-5-7-25-8-6-21/h10-11H,1-9H2,(H,17,23)(H,19,22)(H,20,24). The first-order chi connectivity index (χ1) is 12.6. The summed E-state index contributed by atoms with van der Waals surface area (Å²) in [6, 6.07) is 0.